The Morgan fingerprint density at radius 2 is 1.74 bits per heavy atom. The average Bonchev–Trinajstić information content (AvgIpc) is 3.31. The summed E-state index contributed by atoms with van der Waals surface area (Å²) in [5.74, 6) is -2.47. The second-order valence-electron chi connectivity index (χ2n) is 7.12. The molecule has 4 rings (SSSR count). The Kier molecular flexibility index (Phi) is 4.64. The largest absolute Gasteiger partial charge is 0.322 e. The molecular formula is C21H20F2N2O2. The fourth-order valence-electron chi connectivity index (χ4n) is 3.99. The zero-order valence-electron chi connectivity index (χ0n) is 14.8. The molecule has 140 valence electrons. The van der Waals surface area contributed by atoms with Gasteiger partial charge >= 0.3 is 0 Å². The first-order valence-electron chi connectivity index (χ1n) is 9.24. The molecule has 1 N–H and O–H groups in total. The first-order valence-corrected chi connectivity index (χ1v) is 9.24. The Bertz CT molecular complexity index is 887. The number of halogens is 2. The minimum absolute atomic E-state index is 0.0710. The first-order chi connectivity index (χ1) is 13.0. The lowest BCUT2D eigenvalue weighted by Gasteiger charge is -2.21. The third-order valence-corrected chi connectivity index (χ3v) is 5.40. The van der Waals surface area contributed by atoms with Gasteiger partial charge in [-0.25, -0.2) is 8.78 Å². The van der Waals surface area contributed by atoms with Crippen LogP contribution in [0.3, 0.4) is 0 Å². The maximum Gasteiger partial charge on any atom is 0.261 e. The Morgan fingerprint density at radius 1 is 1.04 bits per heavy atom. The number of nitrogens with one attached hydrogen (secondary N) is 1. The van der Waals surface area contributed by atoms with Crippen molar-refractivity contribution in [2.45, 2.75) is 32.1 Å². The van der Waals surface area contributed by atoms with Gasteiger partial charge in [-0.05, 0) is 49.1 Å². The van der Waals surface area contributed by atoms with Crippen LogP contribution in [0.2, 0.25) is 0 Å². The van der Waals surface area contributed by atoms with Crippen molar-refractivity contribution in [3.8, 4) is 0 Å². The van der Waals surface area contributed by atoms with Gasteiger partial charge in [0.1, 0.15) is 17.2 Å². The molecule has 4 nitrogen and oxygen atoms in total. The number of carbonyl (C=O) groups is 2. The number of fused-ring (bicyclic) bond motifs is 1. The van der Waals surface area contributed by atoms with Gasteiger partial charge in [-0.2, -0.15) is 0 Å². The predicted octanol–water partition coefficient (Wildman–Crippen LogP) is 4.30. The Balaban J connectivity index is 1.57. The molecule has 1 aliphatic heterocycles. The molecule has 1 saturated carbocycles. The number of amides is 2. The number of hydrogen-bond donors (Lipinski definition) is 1. The van der Waals surface area contributed by atoms with Crippen molar-refractivity contribution >= 4 is 23.2 Å². The summed E-state index contributed by atoms with van der Waals surface area (Å²) in [5.41, 5.74) is 1.61. The molecule has 2 amide bonds. The standard InChI is InChI=1S/C21H20F2N2O2/c22-16-6-3-7-17(23)19(16)20(26)24-15-9-8-13-10-11-25(18(13)12-15)21(27)14-4-1-2-5-14/h3,6-9,12,14H,1-2,4-5,10-11H2,(H,24,26). The summed E-state index contributed by atoms with van der Waals surface area (Å²) < 4.78 is 27.6. The molecule has 2 aromatic carbocycles. The molecule has 2 aromatic rings. The minimum Gasteiger partial charge on any atom is -0.322 e. The monoisotopic (exact) mass is 370 g/mol. The summed E-state index contributed by atoms with van der Waals surface area (Å²) in [5, 5.41) is 2.54. The van der Waals surface area contributed by atoms with Gasteiger partial charge in [-0.3, -0.25) is 9.59 Å². The van der Waals surface area contributed by atoms with Crippen LogP contribution < -0.4 is 10.2 Å². The van der Waals surface area contributed by atoms with Crippen molar-refractivity contribution in [2.24, 2.45) is 5.92 Å². The summed E-state index contributed by atoms with van der Waals surface area (Å²) in [7, 11) is 0. The lowest BCUT2D eigenvalue weighted by molar-refractivity contribution is -0.122. The third kappa shape index (κ3) is 3.31. The lowest BCUT2D eigenvalue weighted by Crippen LogP contribution is -2.33. The summed E-state index contributed by atoms with van der Waals surface area (Å²) in [6.07, 6.45) is 4.79. The van der Waals surface area contributed by atoms with E-state index >= 15 is 0 Å². The average molecular weight is 370 g/mol. The molecule has 0 bridgehead atoms. The van der Waals surface area contributed by atoms with Crippen LogP contribution in [-0.2, 0) is 11.2 Å². The van der Waals surface area contributed by atoms with Crippen LogP contribution in [0.25, 0.3) is 0 Å². The highest BCUT2D eigenvalue weighted by Gasteiger charge is 2.32. The van der Waals surface area contributed by atoms with Gasteiger partial charge in [-0.15, -0.1) is 0 Å². The fourth-order valence-corrected chi connectivity index (χ4v) is 3.99. The highest BCUT2D eigenvalue weighted by atomic mass is 19.1. The van der Waals surface area contributed by atoms with Crippen molar-refractivity contribution in [1.82, 2.24) is 0 Å². The molecule has 1 aliphatic carbocycles. The molecule has 6 heteroatoms. The van der Waals surface area contributed by atoms with Gasteiger partial charge < -0.3 is 10.2 Å². The smallest absolute Gasteiger partial charge is 0.261 e. The van der Waals surface area contributed by atoms with E-state index in [9.17, 15) is 18.4 Å². The normalized spacial score (nSPS) is 16.4. The van der Waals surface area contributed by atoms with E-state index in [-0.39, 0.29) is 11.8 Å². The van der Waals surface area contributed by atoms with E-state index in [4.69, 9.17) is 0 Å². The van der Waals surface area contributed by atoms with Gasteiger partial charge in [0.2, 0.25) is 5.91 Å². The molecule has 0 saturated heterocycles. The molecule has 0 atom stereocenters. The van der Waals surface area contributed by atoms with Crippen molar-refractivity contribution in [1.29, 1.82) is 0 Å². The van der Waals surface area contributed by atoms with E-state index in [1.807, 2.05) is 6.07 Å². The van der Waals surface area contributed by atoms with Crippen molar-refractivity contribution < 1.29 is 18.4 Å². The van der Waals surface area contributed by atoms with Crippen molar-refractivity contribution in [3.63, 3.8) is 0 Å². The molecule has 1 fully saturated rings. The summed E-state index contributed by atoms with van der Waals surface area (Å²) in [6, 6.07) is 8.56. The third-order valence-electron chi connectivity index (χ3n) is 5.40. The van der Waals surface area contributed by atoms with E-state index in [0.29, 0.717) is 12.2 Å². The zero-order valence-corrected chi connectivity index (χ0v) is 14.8. The summed E-state index contributed by atoms with van der Waals surface area (Å²) in [4.78, 5) is 26.9. The number of benzene rings is 2. The molecule has 0 aromatic heterocycles. The topological polar surface area (TPSA) is 49.4 Å². The van der Waals surface area contributed by atoms with Gasteiger partial charge in [0.25, 0.3) is 5.91 Å². The maximum atomic E-state index is 13.8. The van der Waals surface area contributed by atoms with Crippen LogP contribution in [0.1, 0.15) is 41.6 Å². The Labute approximate surface area is 156 Å². The van der Waals surface area contributed by atoms with Gasteiger partial charge in [0.05, 0.1) is 0 Å². The summed E-state index contributed by atoms with van der Waals surface area (Å²) in [6.45, 7) is 0.629. The van der Waals surface area contributed by atoms with Gasteiger partial charge in [0, 0.05) is 23.8 Å². The zero-order chi connectivity index (χ0) is 19.0. The molecule has 0 radical (unpaired) electrons. The Morgan fingerprint density at radius 3 is 2.44 bits per heavy atom. The molecule has 1 heterocycles. The van der Waals surface area contributed by atoms with E-state index in [2.05, 4.69) is 5.32 Å². The number of anilines is 2. The second-order valence-corrected chi connectivity index (χ2v) is 7.12. The van der Waals surface area contributed by atoms with E-state index in [1.165, 1.54) is 6.07 Å². The van der Waals surface area contributed by atoms with Crippen LogP contribution in [0, 0.1) is 17.6 Å². The minimum atomic E-state index is -0.910. The molecule has 0 spiro atoms. The summed E-state index contributed by atoms with van der Waals surface area (Å²) >= 11 is 0. The highest BCUT2D eigenvalue weighted by Crippen LogP contribution is 2.35. The first kappa shape index (κ1) is 17.6. The van der Waals surface area contributed by atoms with Gasteiger partial charge in [0.15, 0.2) is 0 Å². The van der Waals surface area contributed by atoms with E-state index < -0.39 is 23.1 Å². The van der Waals surface area contributed by atoms with Gasteiger partial charge in [-0.1, -0.05) is 25.0 Å². The van der Waals surface area contributed by atoms with E-state index in [1.54, 1.807) is 17.0 Å². The quantitative estimate of drug-likeness (QED) is 0.876. The van der Waals surface area contributed by atoms with Crippen LogP contribution in [0.15, 0.2) is 36.4 Å². The molecule has 0 unspecified atom stereocenters. The number of carbonyl (C=O) groups excluding carboxylic acids is 2. The highest BCUT2D eigenvalue weighted by molar-refractivity contribution is 6.05. The van der Waals surface area contributed by atoms with Crippen LogP contribution in [0.4, 0.5) is 20.2 Å². The van der Waals surface area contributed by atoms with Crippen LogP contribution in [0.5, 0.6) is 0 Å². The van der Waals surface area contributed by atoms with Crippen LogP contribution >= 0.6 is 0 Å². The maximum absolute atomic E-state index is 13.8. The molecular weight excluding hydrogens is 350 g/mol. The lowest BCUT2D eigenvalue weighted by atomic mass is 10.1. The Hall–Kier alpha value is -2.76. The predicted molar refractivity (Wildman–Crippen MR) is 98.8 cm³/mol. The van der Waals surface area contributed by atoms with E-state index in [0.717, 1.165) is 55.5 Å². The SMILES string of the molecule is O=C(Nc1ccc2c(c1)N(C(=O)C1CCCC1)CC2)c1c(F)cccc1F. The van der Waals surface area contributed by atoms with Crippen LogP contribution in [-0.4, -0.2) is 18.4 Å². The molecule has 27 heavy (non-hydrogen) atoms. The second kappa shape index (κ2) is 7.10. The van der Waals surface area contributed by atoms with Crippen molar-refractivity contribution in [2.75, 3.05) is 16.8 Å². The fraction of sp³-hybridized carbons (Fsp3) is 0.333. The number of hydrogen-bond acceptors (Lipinski definition) is 2. The number of nitrogens with zero attached hydrogens (tertiary/aromatic N) is 1. The molecule has 2 aliphatic rings. The number of rotatable bonds is 3. The van der Waals surface area contributed by atoms with Crippen molar-refractivity contribution in [3.05, 3.63) is 59.2 Å².